The van der Waals surface area contributed by atoms with Gasteiger partial charge in [0.2, 0.25) is 0 Å². The van der Waals surface area contributed by atoms with Crippen molar-refractivity contribution in [2.24, 2.45) is 4.99 Å². The highest BCUT2D eigenvalue weighted by Crippen LogP contribution is 2.02. The second-order valence-corrected chi connectivity index (χ2v) is 6.27. The van der Waals surface area contributed by atoms with Crippen molar-refractivity contribution < 1.29 is 9.47 Å². The number of guanidine groups is 1. The van der Waals surface area contributed by atoms with Gasteiger partial charge in [-0.1, -0.05) is 13.3 Å². The number of unbranched alkanes of at least 4 members (excludes halogenated alkanes) is 1. The molecular formula is C19H38IN5O2. The minimum atomic E-state index is 0. The van der Waals surface area contributed by atoms with E-state index in [1.54, 1.807) is 0 Å². The first kappa shape index (κ1) is 26.1. The third-order valence-electron chi connectivity index (χ3n) is 3.80. The number of nitrogens with one attached hydrogen (secondary N) is 2. The minimum absolute atomic E-state index is 0. The van der Waals surface area contributed by atoms with Crippen molar-refractivity contribution in [1.29, 1.82) is 0 Å². The second-order valence-electron chi connectivity index (χ2n) is 6.27. The summed E-state index contributed by atoms with van der Waals surface area (Å²) >= 11 is 0. The molecule has 8 heteroatoms. The van der Waals surface area contributed by atoms with Gasteiger partial charge in [0.25, 0.3) is 0 Å². The van der Waals surface area contributed by atoms with E-state index in [1.807, 2.05) is 11.6 Å². The quantitative estimate of drug-likeness (QED) is 0.180. The highest BCUT2D eigenvalue weighted by Gasteiger charge is 2.01. The van der Waals surface area contributed by atoms with Gasteiger partial charge in [-0.15, -0.1) is 24.0 Å². The van der Waals surface area contributed by atoms with Gasteiger partial charge in [0.15, 0.2) is 5.96 Å². The molecule has 0 aliphatic rings. The average molecular weight is 495 g/mol. The Kier molecular flexibility index (Phi) is 16.7. The molecule has 27 heavy (non-hydrogen) atoms. The van der Waals surface area contributed by atoms with Gasteiger partial charge in [0.05, 0.1) is 25.5 Å². The van der Waals surface area contributed by atoms with Gasteiger partial charge < -0.3 is 20.1 Å². The summed E-state index contributed by atoms with van der Waals surface area (Å²) in [5, 5.41) is 11.0. The van der Waals surface area contributed by atoms with Crippen LogP contribution in [0.15, 0.2) is 11.1 Å². The number of halogens is 1. The van der Waals surface area contributed by atoms with Crippen molar-refractivity contribution in [3.8, 4) is 0 Å². The maximum Gasteiger partial charge on any atom is 0.191 e. The Morgan fingerprint density at radius 1 is 1.07 bits per heavy atom. The van der Waals surface area contributed by atoms with Crippen LogP contribution in [-0.2, 0) is 16.0 Å². The van der Waals surface area contributed by atoms with Crippen molar-refractivity contribution in [3.05, 3.63) is 17.5 Å². The standard InChI is InChI=1S/C19H37N5O2.HI/c1-5-7-12-25-14-15-26-13-10-22-19(20-6-2)21-9-8-11-24-18(4)16-17(3)23-24;/h16H,5-15H2,1-4H3,(H2,20,21,22);1H. The zero-order valence-corrected chi connectivity index (χ0v) is 19.8. The zero-order valence-electron chi connectivity index (χ0n) is 17.4. The molecule has 0 atom stereocenters. The molecule has 0 aliphatic heterocycles. The van der Waals surface area contributed by atoms with Crippen LogP contribution in [0, 0.1) is 13.8 Å². The van der Waals surface area contributed by atoms with Gasteiger partial charge >= 0.3 is 0 Å². The number of nitrogens with zero attached hydrogens (tertiary/aromatic N) is 3. The minimum Gasteiger partial charge on any atom is -0.379 e. The van der Waals surface area contributed by atoms with E-state index in [0.29, 0.717) is 19.8 Å². The number of ether oxygens (including phenoxy) is 2. The summed E-state index contributed by atoms with van der Waals surface area (Å²) in [5.74, 6) is 0.837. The summed E-state index contributed by atoms with van der Waals surface area (Å²) in [5.41, 5.74) is 2.27. The summed E-state index contributed by atoms with van der Waals surface area (Å²) in [6.45, 7) is 14.4. The summed E-state index contributed by atoms with van der Waals surface area (Å²) in [4.78, 5) is 4.61. The van der Waals surface area contributed by atoms with Gasteiger partial charge in [-0.25, -0.2) is 0 Å². The Bertz CT molecular complexity index is 508. The average Bonchev–Trinajstić information content (AvgIpc) is 2.94. The lowest BCUT2D eigenvalue weighted by Gasteiger charge is -2.12. The summed E-state index contributed by atoms with van der Waals surface area (Å²) in [7, 11) is 0. The molecule has 0 amide bonds. The summed E-state index contributed by atoms with van der Waals surface area (Å²) < 4.78 is 13.1. The molecule has 0 aromatic carbocycles. The van der Waals surface area contributed by atoms with Crippen molar-refractivity contribution >= 4 is 29.9 Å². The van der Waals surface area contributed by atoms with Gasteiger partial charge in [-0.2, -0.15) is 5.10 Å². The second kappa shape index (κ2) is 17.2. The molecule has 2 N–H and O–H groups in total. The van der Waals surface area contributed by atoms with Crippen LogP contribution in [0.25, 0.3) is 0 Å². The number of hydrogen-bond donors (Lipinski definition) is 2. The van der Waals surface area contributed by atoms with Crippen LogP contribution in [0.2, 0.25) is 0 Å². The van der Waals surface area contributed by atoms with E-state index < -0.39 is 0 Å². The first-order valence-electron chi connectivity index (χ1n) is 9.86. The highest BCUT2D eigenvalue weighted by atomic mass is 127. The third-order valence-corrected chi connectivity index (χ3v) is 3.80. The molecule has 1 heterocycles. The van der Waals surface area contributed by atoms with Crippen LogP contribution < -0.4 is 10.6 Å². The Morgan fingerprint density at radius 2 is 1.81 bits per heavy atom. The molecule has 0 fully saturated rings. The van der Waals surface area contributed by atoms with Gasteiger partial charge in [0.1, 0.15) is 0 Å². The maximum atomic E-state index is 5.56. The molecule has 0 saturated heterocycles. The fourth-order valence-electron chi connectivity index (χ4n) is 2.46. The monoisotopic (exact) mass is 495 g/mol. The predicted molar refractivity (Wildman–Crippen MR) is 122 cm³/mol. The topological polar surface area (TPSA) is 72.7 Å². The molecule has 0 radical (unpaired) electrons. The van der Waals surface area contributed by atoms with Crippen LogP contribution in [0.4, 0.5) is 0 Å². The van der Waals surface area contributed by atoms with E-state index in [-0.39, 0.29) is 24.0 Å². The first-order valence-corrected chi connectivity index (χ1v) is 9.86. The lowest BCUT2D eigenvalue weighted by molar-refractivity contribution is 0.0487. The molecule has 1 aromatic heterocycles. The molecule has 0 aliphatic carbocycles. The molecule has 158 valence electrons. The van der Waals surface area contributed by atoms with Crippen LogP contribution in [0.1, 0.15) is 44.5 Å². The maximum absolute atomic E-state index is 5.56. The van der Waals surface area contributed by atoms with Crippen molar-refractivity contribution in [1.82, 2.24) is 20.4 Å². The van der Waals surface area contributed by atoms with E-state index in [9.17, 15) is 0 Å². The molecule has 0 saturated carbocycles. The van der Waals surface area contributed by atoms with E-state index >= 15 is 0 Å². The van der Waals surface area contributed by atoms with E-state index in [1.165, 1.54) is 12.1 Å². The number of aryl methyl sites for hydroxylation is 3. The van der Waals surface area contributed by atoms with Crippen LogP contribution >= 0.6 is 24.0 Å². The molecule has 7 nitrogen and oxygen atoms in total. The lowest BCUT2D eigenvalue weighted by atomic mass is 10.4. The fraction of sp³-hybridized carbons (Fsp3) is 0.789. The van der Waals surface area contributed by atoms with Crippen molar-refractivity contribution in [2.45, 2.75) is 53.5 Å². The van der Waals surface area contributed by atoms with E-state index in [2.05, 4.69) is 47.6 Å². The Morgan fingerprint density at radius 3 is 2.44 bits per heavy atom. The van der Waals surface area contributed by atoms with Crippen molar-refractivity contribution in [3.63, 3.8) is 0 Å². The van der Waals surface area contributed by atoms with Gasteiger partial charge in [-0.05, 0) is 39.7 Å². The van der Waals surface area contributed by atoms with E-state index in [4.69, 9.17) is 9.47 Å². The first-order chi connectivity index (χ1) is 12.7. The Labute approximate surface area is 181 Å². The van der Waals surface area contributed by atoms with Gasteiger partial charge in [0, 0.05) is 38.5 Å². The van der Waals surface area contributed by atoms with Gasteiger partial charge in [-0.3, -0.25) is 9.67 Å². The molecule has 0 unspecified atom stereocenters. The number of rotatable bonds is 14. The zero-order chi connectivity index (χ0) is 19.0. The molecular weight excluding hydrogens is 457 g/mol. The fourth-order valence-corrected chi connectivity index (χ4v) is 2.46. The molecule has 1 aromatic rings. The van der Waals surface area contributed by atoms with Crippen LogP contribution in [0.3, 0.4) is 0 Å². The summed E-state index contributed by atoms with van der Waals surface area (Å²) in [6.07, 6.45) is 3.24. The largest absolute Gasteiger partial charge is 0.379 e. The third kappa shape index (κ3) is 13.0. The molecule has 0 bridgehead atoms. The SMILES string of the molecule is CCCCOCCOCCNC(=NCCCn1nc(C)cc1C)NCC.I. The smallest absolute Gasteiger partial charge is 0.191 e. The summed E-state index contributed by atoms with van der Waals surface area (Å²) in [6, 6.07) is 2.10. The number of aromatic nitrogens is 2. The normalized spacial score (nSPS) is 11.3. The Balaban J connectivity index is 0.00000676. The van der Waals surface area contributed by atoms with Crippen LogP contribution in [-0.4, -0.2) is 61.8 Å². The van der Waals surface area contributed by atoms with Crippen LogP contribution in [0.5, 0.6) is 0 Å². The predicted octanol–water partition coefficient (Wildman–Crippen LogP) is 2.90. The lowest BCUT2D eigenvalue weighted by Crippen LogP contribution is -2.39. The number of aliphatic imine (C=N–C) groups is 1. The molecule has 1 rings (SSSR count). The molecule has 0 spiro atoms. The van der Waals surface area contributed by atoms with Crippen molar-refractivity contribution in [2.75, 3.05) is 46.1 Å². The highest BCUT2D eigenvalue weighted by molar-refractivity contribution is 14.0. The Hall–Kier alpha value is -0.870. The van der Waals surface area contributed by atoms with E-state index in [0.717, 1.165) is 57.3 Å². The number of hydrogen-bond acceptors (Lipinski definition) is 4.